The maximum absolute atomic E-state index is 6.18. The lowest BCUT2D eigenvalue weighted by molar-refractivity contribution is 0.142. The van der Waals surface area contributed by atoms with Gasteiger partial charge in [0, 0.05) is 22.5 Å². The lowest BCUT2D eigenvalue weighted by atomic mass is 9.87. The van der Waals surface area contributed by atoms with Gasteiger partial charge < -0.3 is 9.40 Å². The molecule has 1 fully saturated rings. The molecule has 0 radical (unpaired) electrons. The molecular formula is C26H28N6O. The van der Waals surface area contributed by atoms with E-state index in [0.717, 1.165) is 58.0 Å². The van der Waals surface area contributed by atoms with Gasteiger partial charge in [-0.2, -0.15) is 5.10 Å². The number of nitrogens with zero attached hydrogens (tertiary/aromatic N) is 4. The number of benzene rings is 2. The Kier molecular flexibility index (Phi) is 4.99. The number of H-pyrrole nitrogens is 2. The van der Waals surface area contributed by atoms with Crippen LogP contribution in [0.15, 0.2) is 53.2 Å². The molecule has 5 aromatic rings. The van der Waals surface area contributed by atoms with Crippen LogP contribution in [0.25, 0.3) is 44.4 Å². The Labute approximate surface area is 192 Å². The van der Waals surface area contributed by atoms with Gasteiger partial charge in [0.2, 0.25) is 11.8 Å². The summed E-state index contributed by atoms with van der Waals surface area (Å²) < 4.78 is 6.18. The average Bonchev–Trinajstić information content (AvgIpc) is 3.59. The number of aromatic nitrogens is 5. The summed E-state index contributed by atoms with van der Waals surface area (Å²) in [5.41, 5.74) is 5.20. The van der Waals surface area contributed by atoms with Crippen LogP contribution in [0, 0.1) is 11.8 Å². The van der Waals surface area contributed by atoms with E-state index >= 15 is 0 Å². The molecule has 7 nitrogen and oxygen atoms in total. The van der Waals surface area contributed by atoms with Crippen LogP contribution in [-0.2, 0) is 6.54 Å². The van der Waals surface area contributed by atoms with Crippen LogP contribution in [0.5, 0.6) is 0 Å². The van der Waals surface area contributed by atoms with Gasteiger partial charge >= 0.3 is 0 Å². The van der Waals surface area contributed by atoms with E-state index in [2.05, 4.69) is 80.5 Å². The molecule has 7 heteroatoms. The van der Waals surface area contributed by atoms with Gasteiger partial charge in [-0.05, 0) is 73.2 Å². The van der Waals surface area contributed by atoms with Crippen LogP contribution < -0.4 is 0 Å². The summed E-state index contributed by atoms with van der Waals surface area (Å²) >= 11 is 0. The first kappa shape index (κ1) is 20.2. The van der Waals surface area contributed by atoms with Gasteiger partial charge in [-0.3, -0.25) is 10.00 Å². The largest absolute Gasteiger partial charge is 0.419 e. The van der Waals surface area contributed by atoms with E-state index in [4.69, 9.17) is 4.42 Å². The van der Waals surface area contributed by atoms with Crippen molar-refractivity contribution in [2.75, 3.05) is 13.1 Å². The highest BCUT2D eigenvalue weighted by Gasteiger charge is 2.23. The Hall–Kier alpha value is -3.45. The predicted octanol–water partition coefficient (Wildman–Crippen LogP) is 5.63. The van der Waals surface area contributed by atoms with E-state index in [9.17, 15) is 0 Å². The quantitative estimate of drug-likeness (QED) is 0.370. The van der Waals surface area contributed by atoms with Crippen molar-refractivity contribution in [3.05, 3.63) is 54.7 Å². The standard InChI is InChI=1S/C26H28N6O/c1-16(2)17-7-10-32(11-8-17)15-25-30-31-26(33-25)21-12-18(13-24-22(21)14-28-29-24)19-4-3-5-23-20(19)6-9-27-23/h3-6,9,12-14,16-17,27H,7-8,10-11,15H2,1-2H3,(H,28,29). The highest BCUT2D eigenvalue weighted by atomic mass is 16.4. The van der Waals surface area contributed by atoms with Crippen molar-refractivity contribution in [3.8, 4) is 22.6 Å². The highest BCUT2D eigenvalue weighted by molar-refractivity contribution is 6.01. The fourth-order valence-corrected chi connectivity index (χ4v) is 5.12. The van der Waals surface area contributed by atoms with Crippen LogP contribution in [0.1, 0.15) is 32.6 Å². The molecule has 3 aromatic heterocycles. The van der Waals surface area contributed by atoms with Crippen LogP contribution in [0.4, 0.5) is 0 Å². The second-order valence-electron chi connectivity index (χ2n) is 9.46. The third-order valence-electron chi connectivity index (χ3n) is 7.10. The number of hydrogen-bond donors (Lipinski definition) is 2. The molecule has 0 unspecified atom stereocenters. The predicted molar refractivity (Wildman–Crippen MR) is 130 cm³/mol. The van der Waals surface area contributed by atoms with Crippen LogP contribution in [0.3, 0.4) is 0 Å². The maximum Gasteiger partial charge on any atom is 0.248 e. The minimum absolute atomic E-state index is 0.538. The lowest BCUT2D eigenvalue weighted by Gasteiger charge is -2.32. The average molecular weight is 441 g/mol. The molecule has 33 heavy (non-hydrogen) atoms. The zero-order valence-electron chi connectivity index (χ0n) is 19.0. The molecule has 0 atom stereocenters. The molecule has 0 bridgehead atoms. The number of rotatable bonds is 5. The topological polar surface area (TPSA) is 86.6 Å². The van der Waals surface area contributed by atoms with Crippen LogP contribution in [-0.4, -0.2) is 43.4 Å². The minimum Gasteiger partial charge on any atom is -0.419 e. The molecule has 0 aliphatic carbocycles. The van der Waals surface area contributed by atoms with Crippen molar-refractivity contribution in [2.24, 2.45) is 11.8 Å². The van der Waals surface area contributed by atoms with E-state index in [0.29, 0.717) is 18.3 Å². The SMILES string of the molecule is CC(C)C1CCN(Cc2nnc(-c3cc(-c4cccc5[nH]ccc45)cc4[nH]ncc34)o2)CC1. The molecule has 6 rings (SSSR count). The fraction of sp³-hybridized carbons (Fsp3) is 0.346. The van der Waals surface area contributed by atoms with Gasteiger partial charge in [-0.15, -0.1) is 10.2 Å². The number of likely N-dealkylation sites (tertiary alicyclic amines) is 1. The van der Waals surface area contributed by atoms with Crippen molar-refractivity contribution in [1.82, 2.24) is 30.3 Å². The number of nitrogens with one attached hydrogen (secondary N) is 2. The van der Waals surface area contributed by atoms with Crippen molar-refractivity contribution >= 4 is 21.8 Å². The Balaban J connectivity index is 1.32. The Bertz CT molecular complexity index is 1400. The third kappa shape index (κ3) is 3.72. The van der Waals surface area contributed by atoms with E-state index in [1.807, 2.05) is 12.4 Å². The fourth-order valence-electron chi connectivity index (χ4n) is 5.12. The maximum atomic E-state index is 6.18. The van der Waals surface area contributed by atoms with Gasteiger partial charge in [-0.1, -0.05) is 26.0 Å². The molecule has 1 aliphatic rings. The highest BCUT2D eigenvalue weighted by Crippen LogP contribution is 2.35. The summed E-state index contributed by atoms with van der Waals surface area (Å²) in [6.45, 7) is 7.53. The minimum atomic E-state index is 0.538. The van der Waals surface area contributed by atoms with Crippen molar-refractivity contribution < 1.29 is 4.42 Å². The zero-order chi connectivity index (χ0) is 22.4. The van der Waals surface area contributed by atoms with Gasteiger partial charge in [-0.25, -0.2) is 0 Å². The molecule has 1 aliphatic heterocycles. The van der Waals surface area contributed by atoms with Crippen molar-refractivity contribution in [3.63, 3.8) is 0 Å². The lowest BCUT2D eigenvalue weighted by Crippen LogP contribution is -2.34. The molecule has 0 amide bonds. The molecule has 168 valence electrons. The molecule has 0 saturated carbocycles. The molecular weight excluding hydrogens is 412 g/mol. The number of hydrogen-bond acceptors (Lipinski definition) is 5. The van der Waals surface area contributed by atoms with Crippen molar-refractivity contribution in [2.45, 2.75) is 33.2 Å². The van der Waals surface area contributed by atoms with E-state index in [1.165, 1.54) is 18.2 Å². The number of piperidine rings is 1. The summed E-state index contributed by atoms with van der Waals surface area (Å²) in [5.74, 6) is 2.78. The van der Waals surface area contributed by atoms with Gasteiger partial charge in [0.15, 0.2) is 0 Å². The molecule has 1 saturated heterocycles. The summed E-state index contributed by atoms with van der Waals surface area (Å²) in [5, 5.41) is 18.3. The monoisotopic (exact) mass is 440 g/mol. The normalized spacial score (nSPS) is 15.8. The molecule has 2 aromatic carbocycles. The van der Waals surface area contributed by atoms with Crippen LogP contribution in [0.2, 0.25) is 0 Å². The van der Waals surface area contributed by atoms with E-state index < -0.39 is 0 Å². The Morgan fingerprint density at radius 3 is 2.76 bits per heavy atom. The van der Waals surface area contributed by atoms with Crippen molar-refractivity contribution in [1.29, 1.82) is 0 Å². The summed E-state index contributed by atoms with van der Waals surface area (Å²) in [7, 11) is 0. The first-order valence-corrected chi connectivity index (χ1v) is 11.7. The third-order valence-corrected chi connectivity index (χ3v) is 7.10. The smallest absolute Gasteiger partial charge is 0.248 e. The Morgan fingerprint density at radius 2 is 1.91 bits per heavy atom. The van der Waals surface area contributed by atoms with Gasteiger partial charge in [0.1, 0.15) is 0 Å². The first-order valence-electron chi connectivity index (χ1n) is 11.7. The zero-order valence-corrected chi connectivity index (χ0v) is 19.0. The van der Waals surface area contributed by atoms with Gasteiger partial charge in [0.05, 0.1) is 23.8 Å². The first-order chi connectivity index (χ1) is 16.2. The summed E-state index contributed by atoms with van der Waals surface area (Å²) in [6, 6.07) is 12.7. The van der Waals surface area contributed by atoms with E-state index in [1.54, 1.807) is 0 Å². The summed E-state index contributed by atoms with van der Waals surface area (Å²) in [6.07, 6.45) is 6.27. The molecule has 0 spiro atoms. The molecule has 2 N–H and O–H groups in total. The van der Waals surface area contributed by atoms with Crippen LogP contribution >= 0.6 is 0 Å². The van der Waals surface area contributed by atoms with E-state index in [-0.39, 0.29) is 0 Å². The Morgan fingerprint density at radius 1 is 1.03 bits per heavy atom. The number of aromatic amines is 2. The molecule has 4 heterocycles. The number of fused-ring (bicyclic) bond motifs is 2. The second kappa shape index (κ2) is 8.15. The summed E-state index contributed by atoms with van der Waals surface area (Å²) in [4.78, 5) is 5.72. The van der Waals surface area contributed by atoms with Gasteiger partial charge in [0.25, 0.3) is 0 Å². The second-order valence-corrected chi connectivity index (χ2v) is 9.46.